The summed E-state index contributed by atoms with van der Waals surface area (Å²) in [5.41, 5.74) is 4.07. The monoisotopic (exact) mass is 388 g/mol. The first kappa shape index (κ1) is 17.9. The number of rotatable bonds is 3. The number of aromatic hydroxyl groups is 1. The maximum absolute atomic E-state index is 13.5. The fourth-order valence-electron chi connectivity index (χ4n) is 4.86. The minimum atomic E-state index is -0.0400. The summed E-state index contributed by atoms with van der Waals surface area (Å²) in [5.74, 6) is 0.990. The predicted octanol–water partition coefficient (Wildman–Crippen LogP) is 3.12. The standard InChI is InChI=1S/C23H24N4O2/c1-14-6-2-3-7-16(14)22-18-12-24-11-15(18)13-27(22)23(29)20-10-19(25-26-20)17-8-4-5-9-21(17)28/h2-10,15,18,22,24,28H,11-13H2,1H3,(H,25,26)/t15-,18-,22+/m0/s1. The lowest BCUT2D eigenvalue weighted by Crippen LogP contribution is -2.35. The van der Waals surface area contributed by atoms with Crippen LogP contribution in [0.25, 0.3) is 11.3 Å². The molecule has 1 amide bonds. The van der Waals surface area contributed by atoms with Crippen molar-refractivity contribution in [2.24, 2.45) is 11.8 Å². The summed E-state index contributed by atoms with van der Waals surface area (Å²) < 4.78 is 0. The van der Waals surface area contributed by atoms with E-state index in [1.54, 1.807) is 24.3 Å². The minimum absolute atomic E-state index is 0.0400. The summed E-state index contributed by atoms with van der Waals surface area (Å²) >= 11 is 0. The van der Waals surface area contributed by atoms with Gasteiger partial charge < -0.3 is 15.3 Å². The topological polar surface area (TPSA) is 81.2 Å². The van der Waals surface area contributed by atoms with Gasteiger partial charge in [-0.15, -0.1) is 0 Å². The van der Waals surface area contributed by atoms with Crippen molar-refractivity contribution in [3.63, 3.8) is 0 Å². The Hall–Kier alpha value is -3.12. The van der Waals surface area contributed by atoms with E-state index >= 15 is 0 Å². The van der Waals surface area contributed by atoms with E-state index in [1.165, 1.54) is 11.1 Å². The number of hydrogen-bond donors (Lipinski definition) is 3. The highest BCUT2D eigenvalue weighted by molar-refractivity contribution is 5.94. The predicted molar refractivity (Wildman–Crippen MR) is 110 cm³/mol. The lowest BCUT2D eigenvalue weighted by molar-refractivity contribution is 0.0707. The zero-order valence-electron chi connectivity index (χ0n) is 16.3. The van der Waals surface area contributed by atoms with Crippen LogP contribution in [0.2, 0.25) is 0 Å². The third-order valence-corrected chi connectivity index (χ3v) is 6.32. The van der Waals surface area contributed by atoms with Gasteiger partial charge in [0.15, 0.2) is 0 Å². The molecule has 2 aromatic carbocycles. The van der Waals surface area contributed by atoms with Crippen LogP contribution < -0.4 is 5.32 Å². The first-order valence-electron chi connectivity index (χ1n) is 10.0. The van der Waals surface area contributed by atoms with Crippen molar-refractivity contribution in [3.8, 4) is 17.0 Å². The van der Waals surface area contributed by atoms with Gasteiger partial charge in [-0.25, -0.2) is 0 Å². The van der Waals surface area contributed by atoms with Crippen LogP contribution >= 0.6 is 0 Å². The number of amides is 1. The molecule has 148 valence electrons. The van der Waals surface area contributed by atoms with Gasteiger partial charge in [0.25, 0.3) is 5.91 Å². The molecule has 0 saturated carbocycles. The highest BCUT2D eigenvalue weighted by Crippen LogP contribution is 2.44. The van der Waals surface area contributed by atoms with E-state index in [2.05, 4.69) is 34.6 Å². The van der Waals surface area contributed by atoms with E-state index in [0.717, 1.165) is 19.6 Å². The van der Waals surface area contributed by atoms with Crippen molar-refractivity contribution < 1.29 is 9.90 Å². The molecule has 2 saturated heterocycles. The Bertz CT molecular complexity index is 1060. The molecule has 2 aliphatic heterocycles. The molecule has 6 nitrogen and oxygen atoms in total. The Kier molecular flexibility index (Phi) is 4.36. The van der Waals surface area contributed by atoms with Gasteiger partial charge >= 0.3 is 0 Å². The maximum Gasteiger partial charge on any atom is 0.272 e. The molecule has 29 heavy (non-hydrogen) atoms. The lowest BCUT2D eigenvalue weighted by atomic mass is 9.87. The fraction of sp³-hybridized carbons (Fsp3) is 0.304. The van der Waals surface area contributed by atoms with E-state index < -0.39 is 0 Å². The molecule has 6 heteroatoms. The molecule has 0 radical (unpaired) electrons. The third-order valence-electron chi connectivity index (χ3n) is 6.32. The Morgan fingerprint density at radius 2 is 1.93 bits per heavy atom. The summed E-state index contributed by atoms with van der Waals surface area (Å²) in [6, 6.07) is 17.2. The number of carbonyl (C=O) groups excluding carboxylic acids is 1. The number of phenolic OH excluding ortho intramolecular Hbond substituents is 1. The van der Waals surface area contributed by atoms with Crippen LogP contribution in [0, 0.1) is 18.8 Å². The second-order valence-electron chi connectivity index (χ2n) is 8.03. The number of hydrogen-bond acceptors (Lipinski definition) is 4. The molecule has 3 aromatic rings. The average molecular weight is 388 g/mol. The molecule has 2 fully saturated rings. The molecule has 3 N–H and O–H groups in total. The van der Waals surface area contributed by atoms with Gasteiger partial charge in [0, 0.05) is 31.1 Å². The molecule has 2 aliphatic rings. The third kappa shape index (κ3) is 3.00. The van der Waals surface area contributed by atoms with Crippen molar-refractivity contribution in [1.82, 2.24) is 20.4 Å². The number of aromatic amines is 1. The first-order chi connectivity index (χ1) is 14.1. The van der Waals surface area contributed by atoms with Crippen LogP contribution in [-0.4, -0.2) is 45.7 Å². The second kappa shape index (κ2) is 7.04. The van der Waals surface area contributed by atoms with Crippen molar-refractivity contribution in [1.29, 1.82) is 0 Å². The van der Waals surface area contributed by atoms with Crippen molar-refractivity contribution >= 4 is 5.91 Å². The largest absolute Gasteiger partial charge is 0.507 e. The molecule has 5 rings (SSSR count). The highest BCUT2D eigenvalue weighted by Gasteiger charge is 2.47. The Balaban J connectivity index is 1.49. The van der Waals surface area contributed by atoms with Gasteiger partial charge in [-0.2, -0.15) is 5.10 Å². The number of benzene rings is 2. The molecule has 3 heterocycles. The first-order valence-corrected chi connectivity index (χ1v) is 10.0. The number of nitrogens with one attached hydrogen (secondary N) is 2. The van der Waals surface area contributed by atoms with Crippen molar-refractivity contribution in [3.05, 3.63) is 71.4 Å². The quantitative estimate of drug-likeness (QED) is 0.644. The van der Waals surface area contributed by atoms with Gasteiger partial charge in [-0.3, -0.25) is 9.89 Å². The number of aryl methyl sites for hydroxylation is 1. The van der Waals surface area contributed by atoms with E-state index in [-0.39, 0.29) is 17.7 Å². The zero-order chi connectivity index (χ0) is 20.0. The summed E-state index contributed by atoms with van der Waals surface area (Å²) in [7, 11) is 0. The number of aromatic nitrogens is 2. The number of H-pyrrole nitrogens is 1. The van der Waals surface area contributed by atoms with Gasteiger partial charge in [0.1, 0.15) is 11.4 Å². The van der Waals surface area contributed by atoms with Crippen LogP contribution in [0.5, 0.6) is 5.75 Å². The Morgan fingerprint density at radius 1 is 1.14 bits per heavy atom. The van der Waals surface area contributed by atoms with Crippen molar-refractivity contribution in [2.75, 3.05) is 19.6 Å². The normalized spacial score (nSPS) is 23.3. The molecule has 0 spiro atoms. The van der Waals surface area contributed by atoms with Gasteiger partial charge in [0.05, 0.1) is 11.7 Å². The second-order valence-corrected chi connectivity index (χ2v) is 8.03. The van der Waals surface area contributed by atoms with Crippen LogP contribution in [0.1, 0.15) is 27.7 Å². The van der Waals surface area contributed by atoms with E-state index in [9.17, 15) is 9.90 Å². The lowest BCUT2D eigenvalue weighted by Gasteiger charge is -2.29. The highest BCUT2D eigenvalue weighted by atomic mass is 16.3. The maximum atomic E-state index is 13.5. The molecule has 1 aromatic heterocycles. The van der Waals surface area contributed by atoms with Gasteiger partial charge in [0.2, 0.25) is 0 Å². The molecule has 0 unspecified atom stereocenters. The van der Waals surface area contributed by atoms with E-state index in [1.807, 2.05) is 23.1 Å². The molecular formula is C23H24N4O2. The number of fused-ring (bicyclic) bond motifs is 1. The van der Waals surface area contributed by atoms with E-state index in [4.69, 9.17) is 0 Å². The zero-order valence-corrected chi connectivity index (χ0v) is 16.3. The number of para-hydroxylation sites is 1. The molecule has 0 aliphatic carbocycles. The van der Waals surface area contributed by atoms with Gasteiger partial charge in [-0.1, -0.05) is 36.4 Å². The SMILES string of the molecule is Cc1ccccc1[C@@H]1[C@H]2CNC[C@H]2CN1C(=O)c1cc(-c2ccccc2O)n[nH]1. The summed E-state index contributed by atoms with van der Waals surface area (Å²) in [5, 5.41) is 20.8. The number of likely N-dealkylation sites (tertiary alicyclic amines) is 1. The molecular weight excluding hydrogens is 364 g/mol. The van der Waals surface area contributed by atoms with Gasteiger partial charge in [-0.05, 0) is 42.2 Å². The Labute approximate surface area is 169 Å². The van der Waals surface area contributed by atoms with Crippen LogP contribution in [0.3, 0.4) is 0 Å². The summed E-state index contributed by atoms with van der Waals surface area (Å²) in [6.45, 7) is 4.73. The molecule has 0 bridgehead atoms. The number of nitrogens with zero attached hydrogens (tertiary/aromatic N) is 2. The minimum Gasteiger partial charge on any atom is -0.507 e. The summed E-state index contributed by atoms with van der Waals surface area (Å²) in [6.07, 6.45) is 0. The van der Waals surface area contributed by atoms with Crippen LogP contribution in [0.15, 0.2) is 54.6 Å². The van der Waals surface area contributed by atoms with E-state index in [0.29, 0.717) is 28.8 Å². The van der Waals surface area contributed by atoms with Crippen molar-refractivity contribution in [2.45, 2.75) is 13.0 Å². The smallest absolute Gasteiger partial charge is 0.272 e. The number of carbonyl (C=O) groups is 1. The molecule has 3 atom stereocenters. The summed E-state index contributed by atoms with van der Waals surface area (Å²) in [4.78, 5) is 15.5. The van der Waals surface area contributed by atoms with Crippen LogP contribution in [-0.2, 0) is 0 Å². The van der Waals surface area contributed by atoms with Crippen LogP contribution in [0.4, 0.5) is 0 Å². The average Bonchev–Trinajstić information content (AvgIpc) is 3.44. The number of phenols is 1. The Morgan fingerprint density at radius 3 is 2.76 bits per heavy atom. The fourth-order valence-corrected chi connectivity index (χ4v) is 4.86.